The van der Waals surface area contributed by atoms with E-state index >= 15 is 0 Å². The van der Waals surface area contributed by atoms with Crippen molar-refractivity contribution >= 4 is 5.91 Å². The number of nitrogens with one attached hydrogen (secondary N) is 1. The summed E-state index contributed by atoms with van der Waals surface area (Å²) in [4.78, 5) is 14.3. The fourth-order valence-electron chi connectivity index (χ4n) is 2.61. The van der Waals surface area contributed by atoms with Crippen LogP contribution in [0.4, 0.5) is 0 Å². The molecule has 1 rings (SSSR count). The highest BCUT2D eigenvalue weighted by molar-refractivity contribution is 5.82. The van der Waals surface area contributed by atoms with Crippen molar-refractivity contribution in [2.24, 2.45) is 11.8 Å². The van der Waals surface area contributed by atoms with Gasteiger partial charge in [-0.1, -0.05) is 27.7 Å². The molecule has 0 bridgehead atoms. The van der Waals surface area contributed by atoms with Crippen LogP contribution in [0.5, 0.6) is 0 Å². The molecule has 0 aromatic carbocycles. The molecule has 1 heterocycles. The lowest BCUT2D eigenvalue weighted by Crippen LogP contribution is -2.49. The molecule has 1 aliphatic rings. The largest absolute Gasteiger partial charge is 0.351 e. The van der Waals surface area contributed by atoms with Crippen LogP contribution in [-0.4, -0.2) is 36.5 Å². The van der Waals surface area contributed by atoms with Gasteiger partial charge in [0.1, 0.15) is 0 Å². The molecule has 1 N–H and O–H groups in total. The third-order valence-corrected chi connectivity index (χ3v) is 3.57. The van der Waals surface area contributed by atoms with E-state index in [9.17, 15) is 4.79 Å². The maximum atomic E-state index is 12.1. The quantitative estimate of drug-likeness (QED) is 0.794. The summed E-state index contributed by atoms with van der Waals surface area (Å²) < 4.78 is 0. The standard InChI is InChI=1S/C13H26N2O/c1-9(2)12(10(3)4)14-13(16)11-7-6-8-15(11)5/h9-12H,6-8H2,1-5H3,(H,14,16)/t11-/m0/s1. The number of amides is 1. The highest BCUT2D eigenvalue weighted by atomic mass is 16.2. The molecule has 1 saturated heterocycles. The van der Waals surface area contributed by atoms with E-state index in [2.05, 4.69) is 37.9 Å². The van der Waals surface area contributed by atoms with Crippen LogP contribution in [0, 0.1) is 11.8 Å². The van der Waals surface area contributed by atoms with Crippen molar-refractivity contribution < 1.29 is 4.79 Å². The van der Waals surface area contributed by atoms with Gasteiger partial charge in [-0.25, -0.2) is 0 Å². The van der Waals surface area contributed by atoms with Gasteiger partial charge in [0.15, 0.2) is 0 Å². The first kappa shape index (κ1) is 13.5. The van der Waals surface area contributed by atoms with Crippen LogP contribution in [-0.2, 0) is 4.79 Å². The Kier molecular flexibility index (Phi) is 4.78. The molecule has 0 saturated carbocycles. The summed E-state index contributed by atoms with van der Waals surface area (Å²) in [6.07, 6.45) is 2.15. The van der Waals surface area contributed by atoms with Crippen LogP contribution in [0.15, 0.2) is 0 Å². The van der Waals surface area contributed by atoms with E-state index in [4.69, 9.17) is 0 Å². The lowest BCUT2D eigenvalue weighted by atomic mass is 9.93. The molecule has 1 amide bonds. The highest BCUT2D eigenvalue weighted by Crippen LogP contribution is 2.17. The second-order valence-electron chi connectivity index (χ2n) is 5.66. The van der Waals surface area contributed by atoms with Crippen molar-refractivity contribution in [3.63, 3.8) is 0 Å². The lowest BCUT2D eigenvalue weighted by molar-refractivity contribution is -0.126. The highest BCUT2D eigenvalue weighted by Gasteiger charge is 2.30. The summed E-state index contributed by atoms with van der Waals surface area (Å²) in [6, 6.07) is 0.390. The van der Waals surface area contributed by atoms with E-state index in [0.717, 1.165) is 19.4 Å². The van der Waals surface area contributed by atoms with Gasteiger partial charge >= 0.3 is 0 Å². The molecule has 1 fully saturated rings. The summed E-state index contributed by atoms with van der Waals surface area (Å²) in [5.41, 5.74) is 0. The van der Waals surface area contributed by atoms with Gasteiger partial charge < -0.3 is 5.32 Å². The monoisotopic (exact) mass is 226 g/mol. The van der Waals surface area contributed by atoms with Gasteiger partial charge in [0.2, 0.25) is 5.91 Å². The number of rotatable bonds is 4. The Hall–Kier alpha value is -0.570. The van der Waals surface area contributed by atoms with Crippen LogP contribution >= 0.6 is 0 Å². The summed E-state index contributed by atoms with van der Waals surface area (Å²) in [5.74, 6) is 1.21. The smallest absolute Gasteiger partial charge is 0.237 e. The second kappa shape index (κ2) is 5.67. The third kappa shape index (κ3) is 3.21. The Morgan fingerprint density at radius 3 is 2.19 bits per heavy atom. The fourth-order valence-corrected chi connectivity index (χ4v) is 2.61. The fraction of sp³-hybridized carbons (Fsp3) is 0.923. The Labute approximate surface area is 99.6 Å². The predicted octanol–water partition coefficient (Wildman–Crippen LogP) is 1.88. The van der Waals surface area contributed by atoms with Crippen molar-refractivity contribution in [1.29, 1.82) is 0 Å². The summed E-state index contributed by atoms with van der Waals surface area (Å²) in [5, 5.41) is 3.21. The average molecular weight is 226 g/mol. The Balaban J connectivity index is 2.54. The van der Waals surface area contributed by atoms with Gasteiger partial charge in [0, 0.05) is 6.04 Å². The minimum Gasteiger partial charge on any atom is -0.351 e. The number of likely N-dealkylation sites (N-methyl/N-ethyl adjacent to an activating group) is 1. The summed E-state index contributed by atoms with van der Waals surface area (Å²) in [7, 11) is 2.04. The Morgan fingerprint density at radius 2 is 1.81 bits per heavy atom. The van der Waals surface area contributed by atoms with E-state index in [1.54, 1.807) is 0 Å². The first-order valence-corrected chi connectivity index (χ1v) is 6.44. The minimum atomic E-state index is 0.0972. The number of carbonyl (C=O) groups excluding carboxylic acids is 1. The molecule has 3 heteroatoms. The summed E-state index contributed by atoms with van der Waals surface area (Å²) in [6.45, 7) is 9.73. The van der Waals surface area contributed by atoms with Crippen LogP contribution in [0.1, 0.15) is 40.5 Å². The van der Waals surface area contributed by atoms with Crippen LogP contribution in [0.25, 0.3) is 0 Å². The van der Waals surface area contributed by atoms with E-state index in [1.807, 2.05) is 7.05 Å². The molecule has 0 aliphatic carbocycles. The molecular formula is C13H26N2O. The van der Waals surface area contributed by atoms with Crippen molar-refractivity contribution in [1.82, 2.24) is 10.2 Å². The molecule has 1 atom stereocenters. The number of nitrogens with zero attached hydrogens (tertiary/aromatic N) is 1. The molecule has 94 valence electrons. The summed E-state index contributed by atoms with van der Waals surface area (Å²) >= 11 is 0. The van der Waals surface area contributed by atoms with Crippen molar-refractivity contribution in [3.8, 4) is 0 Å². The van der Waals surface area contributed by atoms with Crippen molar-refractivity contribution in [3.05, 3.63) is 0 Å². The topological polar surface area (TPSA) is 32.3 Å². The molecular weight excluding hydrogens is 200 g/mol. The molecule has 16 heavy (non-hydrogen) atoms. The number of carbonyl (C=O) groups is 1. The predicted molar refractivity (Wildman–Crippen MR) is 67.3 cm³/mol. The maximum Gasteiger partial charge on any atom is 0.237 e. The van der Waals surface area contributed by atoms with E-state index in [1.165, 1.54) is 0 Å². The normalized spacial score (nSPS) is 22.4. The van der Waals surface area contributed by atoms with Gasteiger partial charge in [-0.2, -0.15) is 0 Å². The first-order chi connectivity index (χ1) is 7.43. The van der Waals surface area contributed by atoms with Crippen molar-refractivity contribution in [2.45, 2.75) is 52.6 Å². The van der Waals surface area contributed by atoms with Crippen LogP contribution in [0.2, 0.25) is 0 Å². The zero-order valence-electron chi connectivity index (χ0n) is 11.3. The lowest BCUT2D eigenvalue weighted by Gasteiger charge is -2.29. The molecule has 0 aromatic heterocycles. The van der Waals surface area contributed by atoms with E-state index < -0.39 is 0 Å². The van der Waals surface area contributed by atoms with Gasteiger partial charge in [0.05, 0.1) is 6.04 Å². The molecule has 0 aromatic rings. The second-order valence-corrected chi connectivity index (χ2v) is 5.66. The molecule has 1 aliphatic heterocycles. The average Bonchev–Trinajstić information content (AvgIpc) is 2.59. The van der Waals surface area contributed by atoms with E-state index in [0.29, 0.717) is 17.9 Å². The molecule has 0 spiro atoms. The SMILES string of the molecule is CC(C)C(NC(=O)[C@@H]1CCCN1C)C(C)C. The third-order valence-electron chi connectivity index (χ3n) is 3.57. The zero-order valence-corrected chi connectivity index (χ0v) is 11.3. The Bertz CT molecular complexity index is 230. The minimum absolute atomic E-state index is 0.0972. The van der Waals surface area contributed by atoms with Crippen LogP contribution in [0.3, 0.4) is 0 Å². The van der Waals surface area contributed by atoms with Gasteiger partial charge in [0.25, 0.3) is 0 Å². The number of hydrogen-bond acceptors (Lipinski definition) is 2. The van der Waals surface area contributed by atoms with Gasteiger partial charge in [-0.3, -0.25) is 9.69 Å². The number of hydrogen-bond donors (Lipinski definition) is 1. The zero-order chi connectivity index (χ0) is 12.3. The van der Waals surface area contributed by atoms with E-state index in [-0.39, 0.29) is 11.9 Å². The maximum absolute atomic E-state index is 12.1. The Morgan fingerprint density at radius 1 is 1.25 bits per heavy atom. The van der Waals surface area contributed by atoms with Crippen LogP contribution < -0.4 is 5.32 Å². The molecule has 3 nitrogen and oxygen atoms in total. The van der Waals surface area contributed by atoms with Crippen molar-refractivity contribution in [2.75, 3.05) is 13.6 Å². The van der Waals surface area contributed by atoms with Gasteiger partial charge in [-0.05, 0) is 38.3 Å². The molecule has 0 radical (unpaired) electrons. The number of likely N-dealkylation sites (tertiary alicyclic amines) is 1. The first-order valence-electron chi connectivity index (χ1n) is 6.44. The van der Waals surface area contributed by atoms with Gasteiger partial charge in [-0.15, -0.1) is 0 Å². The molecule has 0 unspecified atom stereocenters.